The number of rotatable bonds is 6. The second-order valence-corrected chi connectivity index (χ2v) is 6.54. The molecule has 1 heterocycles. The van der Waals surface area contributed by atoms with Crippen molar-refractivity contribution < 1.29 is 18.3 Å². The minimum Gasteiger partial charge on any atom is -0.383 e. The molecular formula is C20H21F2N3O2. The molecule has 27 heavy (non-hydrogen) atoms. The number of amides is 1. The molecule has 0 aliphatic rings. The van der Waals surface area contributed by atoms with Crippen molar-refractivity contribution in [1.29, 1.82) is 0 Å². The zero-order valence-corrected chi connectivity index (χ0v) is 15.4. The molecule has 1 aromatic heterocycles. The summed E-state index contributed by atoms with van der Waals surface area (Å²) in [5.74, 6) is -1.42. The molecule has 0 aliphatic carbocycles. The third kappa shape index (κ3) is 4.14. The van der Waals surface area contributed by atoms with E-state index in [4.69, 9.17) is 4.74 Å². The average molecular weight is 373 g/mol. The third-order valence-corrected chi connectivity index (χ3v) is 4.33. The van der Waals surface area contributed by atoms with E-state index in [0.717, 1.165) is 22.7 Å². The van der Waals surface area contributed by atoms with Crippen molar-refractivity contribution in [2.45, 2.75) is 26.4 Å². The lowest BCUT2D eigenvalue weighted by atomic mass is 10.1. The first kappa shape index (κ1) is 19.0. The summed E-state index contributed by atoms with van der Waals surface area (Å²) in [6.45, 7) is 4.29. The molecule has 0 spiro atoms. The molecule has 0 unspecified atom stereocenters. The zero-order valence-electron chi connectivity index (χ0n) is 15.4. The van der Waals surface area contributed by atoms with Crippen LogP contribution in [0.3, 0.4) is 0 Å². The molecule has 2 aromatic carbocycles. The molecule has 0 fully saturated rings. The van der Waals surface area contributed by atoms with Crippen LogP contribution in [0.25, 0.3) is 10.9 Å². The molecule has 0 bridgehead atoms. The first-order valence-electron chi connectivity index (χ1n) is 8.60. The molecule has 0 radical (unpaired) electrons. The number of ether oxygens (including phenoxy) is 1. The molecular weight excluding hydrogens is 352 g/mol. The second-order valence-electron chi connectivity index (χ2n) is 6.54. The number of aromatic nitrogens is 2. The molecule has 3 aromatic rings. The van der Waals surface area contributed by atoms with E-state index in [0.29, 0.717) is 17.7 Å². The number of carbonyl (C=O) groups is 1. The zero-order chi connectivity index (χ0) is 19.6. The molecule has 1 atom stereocenters. The molecule has 7 heteroatoms. The normalized spacial score (nSPS) is 12.3. The van der Waals surface area contributed by atoms with E-state index < -0.39 is 11.6 Å². The molecule has 142 valence electrons. The Kier molecular flexibility index (Phi) is 5.51. The first-order chi connectivity index (χ1) is 12.9. The van der Waals surface area contributed by atoms with Gasteiger partial charge in [-0.25, -0.2) is 8.78 Å². The Bertz CT molecular complexity index is 985. The van der Waals surface area contributed by atoms with E-state index in [9.17, 15) is 13.6 Å². The van der Waals surface area contributed by atoms with E-state index in [1.54, 1.807) is 30.0 Å². The lowest BCUT2D eigenvalue weighted by Crippen LogP contribution is -2.35. The minimum atomic E-state index is -0.615. The largest absolute Gasteiger partial charge is 0.383 e. The third-order valence-electron chi connectivity index (χ3n) is 4.33. The summed E-state index contributed by atoms with van der Waals surface area (Å²) in [4.78, 5) is 12.4. The summed E-state index contributed by atoms with van der Waals surface area (Å²) in [5.41, 5.74) is 2.36. The van der Waals surface area contributed by atoms with Gasteiger partial charge >= 0.3 is 0 Å². The van der Waals surface area contributed by atoms with E-state index in [2.05, 4.69) is 10.4 Å². The van der Waals surface area contributed by atoms with Crippen molar-refractivity contribution in [3.05, 3.63) is 64.9 Å². The van der Waals surface area contributed by atoms with Crippen LogP contribution < -0.4 is 5.32 Å². The van der Waals surface area contributed by atoms with Gasteiger partial charge in [-0.3, -0.25) is 9.48 Å². The summed E-state index contributed by atoms with van der Waals surface area (Å²) in [5, 5.41) is 8.12. The number of fused-ring (bicyclic) bond motifs is 1. The lowest BCUT2D eigenvalue weighted by molar-refractivity contribution is 0.0905. The molecule has 0 aliphatic heterocycles. The van der Waals surface area contributed by atoms with E-state index >= 15 is 0 Å². The van der Waals surface area contributed by atoms with Crippen molar-refractivity contribution in [2.24, 2.45) is 0 Å². The first-order valence-corrected chi connectivity index (χ1v) is 8.60. The highest BCUT2D eigenvalue weighted by atomic mass is 19.1. The average Bonchev–Trinajstić information content (AvgIpc) is 2.93. The predicted molar refractivity (Wildman–Crippen MR) is 98.7 cm³/mol. The topological polar surface area (TPSA) is 56.1 Å². The van der Waals surface area contributed by atoms with Gasteiger partial charge in [0.15, 0.2) is 0 Å². The van der Waals surface area contributed by atoms with Crippen LogP contribution in [0.1, 0.15) is 28.5 Å². The van der Waals surface area contributed by atoms with E-state index in [1.165, 1.54) is 12.1 Å². The van der Waals surface area contributed by atoms with Crippen LogP contribution in [-0.4, -0.2) is 35.4 Å². The van der Waals surface area contributed by atoms with Gasteiger partial charge in [0.25, 0.3) is 5.91 Å². The van der Waals surface area contributed by atoms with Crippen molar-refractivity contribution in [2.75, 3.05) is 13.7 Å². The summed E-state index contributed by atoms with van der Waals surface area (Å²) in [6, 6.07) is 8.64. The second kappa shape index (κ2) is 7.84. The molecule has 5 nitrogen and oxygen atoms in total. The quantitative estimate of drug-likeness (QED) is 0.720. The Morgan fingerprint density at radius 3 is 2.74 bits per heavy atom. The number of carbonyl (C=O) groups excluding carboxylic acids is 1. The van der Waals surface area contributed by atoms with Crippen LogP contribution in [0.2, 0.25) is 0 Å². The monoisotopic (exact) mass is 373 g/mol. The van der Waals surface area contributed by atoms with Crippen LogP contribution in [0.4, 0.5) is 8.78 Å². The number of hydrogen-bond acceptors (Lipinski definition) is 3. The number of hydrogen-bond donors (Lipinski definition) is 1. The Labute approximate surface area is 155 Å². The van der Waals surface area contributed by atoms with Gasteiger partial charge in [-0.05, 0) is 38.1 Å². The van der Waals surface area contributed by atoms with Gasteiger partial charge in [0.05, 0.1) is 24.4 Å². The summed E-state index contributed by atoms with van der Waals surface area (Å²) < 4.78 is 33.7. The Hall–Kier alpha value is -2.80. The van der Waals surface area contributed by atoms with Crippen molar-refractivity contribution >= 4 is 16.8 Å². The van der Waals surface area contributed by atoms with Gasteiger partial charge in [-0.15, -0.1) is 0 Å². The summed E-state index contributed by atoms with van der Waals surface area (Å²) >= 11 is 0. The van der Waals surface area contributed by atoms with Gasteiger partial charge in [-0.1, -0.05) is 6.07 Å². The van der Waals surface area contributed by atoms with E-state index in [1.807, 2.05) is 13.8 Å². The maximum atomic E-state index is 14.0. The minimum absolute atomic E-state index is 0.108. The Morgan fingerprint density at radius 2 is 2.04 bits per heavy atom. The molecule has 0 saturated carbocycles. The molecule has 0 saturated heterocycles. The molecule has 1 N–H and O–H groups in total. The van der Waals surface area contributed by atoms with Crippen LogP contribution >= 0.6 is 0 Å². The van der Waals surface area contributed by atoms with Gasteiger partial charge in [0, 0.05) is 35.7 Å². The van der Waals surface area contributed by atoms with E-state index in [-0.39, 0.29) is 18.5 Å². The number of methoxy groups -OCH3 is 1. The smallest absolute Gasteiger partial charge is 0.251 e. The highest BCUT2D eigenvalue weighted by Crippen LogP contribution is 2.22. The van der Waals surface area contributed by atoms with Gasteiger partial charge < -0.3 is 10.1 Å². The predicted octanol–water partition coefficient (Wildman–Crippen LogP) is 3.44. The number of nitrogens with zero attached hydrogens (tertiary/aromatic N) is 2. The standard InChI is InChI=1S/C20H21F2N3O2/c1-12(11-27-3)23-20(26)14-5-7-19-17(8-14)13(2)24-25(19)10-15-4-6-16(21)9-18(15)22/h4-9,12H,10-11H2,1-3H3,(H,23,26)/t12-/m0/s1. The fourth-order valence-corrected chi connectivity index (χ4v) is 3.01. The number of halogens is 2. The highest BCUT2D eigenvalue weighted by molar-refractivity contribution is 5.98. The van der Waals surface area contributed by atoms with Crippen molar-refractivity contribution in [3.63, 3.8) is 0 Å². The van der Waals surface area contributed by atoms with Crippen LogP contribution in [0.5, 0.6) is 0 Å². The Balaban J connectivity index is 1.88. The number of benzene rings is 2. The number of nitrogens with one attached hydrogen (secondary N) is 1. The summed E-state index contributed by atoms with van der Waals surface area (Å²) in [6.07, 6.45) is 0. The maximum absolute atomic E-state index is 14.0. The Morgan fingerprint density at radius 1 is 1.26 bits per heavy atom. The van der Waals surface area contributed by atoms with Gasteiger partial charge in [-0.2, -0.15) is 5.10 Å². The lowest BCUT2D eigenvalue weighted by Gasteiger charge is -2.12. The van der Waals surface area contributed by atoms with Crippen LogP contribution in [-0.2, 0) is 11.3 Å². The van der Waals surface area contributed by atoms with Crippen LogP contribution in [0, 0.1) is 18.6 Å². The van der Waals surface area contributed by atoms with Crippen molar-refractivity contribution in [3.8, 4) is 0 Å². The molecule has 1 amide bonds. The summed E-state index contributed by atoms with van der Waals surface area (Å²) in [7, 11) is 1.58. The number of aryl methyl sites for hydroxylation is 1. The highest BCUT2D eigenvalue weighted by Gasteiger charge is 2.15. The fourth-order valence-electron chi connectivity index (χ4n) is 3.01. The SMILES string of the molecule is COC[C@H](C)NC(=O)c1ccc2c(c1)c(C)nn2Cc1ccc(F)cc1F. The van der Waals surface area contributed by atoms with Crippen molar-refractivity contribution in [1.82, 2.24) is 15.1 Å². The van der Waals surface area contributed by atoms with Gasteiger partial charge in [0.2, 0.25) is 0 Å². The molecule has 3 rings (SSSR count). The fraction of sp³-hybridized carbons (Fsp3) is 0.300. The van der Waals surface area contributed by atoms with Gasteiger partial charge in [0.1, 0.15) is 11.6 Å². The maximum Gasteiger partial charge on any atom is 0.251 e. The van der Waals surface area contributed by atoms with Crippen LogP contribution in [0.15, 0.2) is 36.4 Å².